The van der Waals surface area contributed by atoms with Gasteiger partial charge in [-0.3, -0.25) is 0 Å². The van der Waals surface area contributed by atoms with Gasteiger partial charge in [0.25, 0.3) is 0 Å². The summed E-state index contributed by atoms with van der Waals surface area (Å²) in [5, 5.41) is 0. The van der Waals surface area contributed by atoms with E-state index in [1.54, 1.807) is 0 Å². The second-order valence-corrected chi connectivity index (χ2v) is 6.46. The summed E-state index contributed by atoms with van der Waals surface area (Å²) < 4.78 is 0. The fraction of sp³-hybridized carbons (Fsp3) is 0. The van der Waals surface area contributed by atoms with Gasteiger partial charge in [0, 0.05) is 0 Å². The Morgan fingerprint density at radius 2 is 2.00 bits per heavy atom. The van der Waals surface area contributed by atoms with Gasteiger partial charge in [-0.2, -0.15) is 0 Å². The number of hydrogen-bond donors (Lipinski definition) is 0. The Labute approximate surface area is 44.6 Å². The van der Waals surface area contributed by atoms with E-state index >= 15 is 0 Å². The molecule has 22 valence electrons. The third-order valence-electron chi connectivity index (χ3n) is 0. The molecule has 0 radical (unpaired) electrons. The molecule has 0 aliphatic heterocycles. The predicted molar refractivity (Wildman–Crippen MR) is 34.5 cm³/mol. The number of halogens is 1. The molecule has 0 saturated carbocycles. The van der Waals surface area contributed by atoms with E-state index in [0.29, 0.717) is 0 Å². The second kappa shape index (κ2) is 2.47. The van der Waals surface area contributed by atoms with Crippen LogP contribution in [0.15, 0.2) is 0 Å². The maximum atomic E-state index is 4.94. The monoisotopic (exact) mass is 202 g/mol. The Morgan fingerprint density at radius 3 is 2.00 bits per heavy atom. The van der Waals surface area contributed by atoms with Crippen molar-refractivity contribution < 1.29 is 0 Å². The van der Waals surface area contributed by atoms with E-state index < -0.39 is 0 Å². The van der Waals surface area contributed by atoms with Crippen LogP contribution in [0.1, 0.15) is 0 Å². The van der Waals surface area contributed by atoms with Gasteiger partial charge in [0.15, 0.2) is 0 Å². The van der Waals surface area contributed by atoms with Crippen LogP contribution >= 0.6 is 21.2 Å². The fourth-order valence-corrected chi connectivity index (χ4v) is 0. The number of hydrogen-bond acceptors (Lipinski definition) is 1. The van der Waals surface area contributed by atoms with Gasteiger partial charge in [-0.15, -0.1) is 0 Å². The molecular formula is BIS2. The summed E-state index contributed by atoms with van der Waals surface area (Å²) >= 11 is 6.38. The second-order valence-electron chi connectivity index (χ2n) is 0.248. The Morgan fingerprint density at radius 1 is 2.00 bits per heavy atom. The SMILES string of the molecule is B#S(=S)I. The van der Waals surface area contributed by atoms with Gasteiger partial charge in [-0.1, -0.05) is 0 Å². The molecule has 0 aromatic heterocycles. The molecule has 0 aromatic carbocycles. The van der Waals surface area contributed by atoms with Crippen LogP contribution in [0, 0.1) is 0 Å². The van der Waals surface area contributed by atoms with Gasteiger partial charge < -0.3 is 0 Å². The molecule has 0 rings (SSSR count). The summed E-state index contributed by atoms with van der Waals surface area (Å²) in [5.74, 6) is -0.308. The van der Waals surface area contributed by atoms with Crippen molar-refractivity contribution in [1.29, 1.82) is 0 Å². The first kappa shape index (κ1) is 5.23. The van der Waals surface area contributed by atoms with E-state index in [1.807, 2.05) is 21.2 Å². The minimum absolute atomic E-state index is 0.308. The molecule has 4 heavy (non-hydrogen) atoms. The summed E-state index contributed by atoms with van der Waals surface area (Å²) in [6.45, 7) is 4.94. The van der Waals surface area contributed by atoms with E-state index in [4.69, 9.17) is 6.53 Å². The summed E-state index contributed by atoms with van der Waals surface area (Å²) in [6, 6.07) is 0. The van der Waals surface area contributed by atoms with Crippen LogP contribution in [0.5, 0.6) is 0 Å². The molecule has 0 atom stereocenters. The molecule has 0 amide bonds. The minimum atomic E-state index is -0.308. The van der Waals surface area contributed by atoms with Gasteiger partial charge >= 0.3 is 44.8 Å². The Balaban J connectivity index is 3.85. The van der Waals surface area contributed by atoms with Gasteiger partial charge in [0.1, 0.15) is 0 Å². The van der Waals surface area contributed by atoms with Crippen molar-refractivity contribution in [3.63, 3.8) is 0 Å². The molecule has 0 spiro atoms. The molecule has 4 heteroatoms. The molecule has 0 nitrogen and oxygen atoms in total. The third-order valence-corrected chi connectivity index (χ3v) is 0. The normalized spacial score (nSPS) is 6.75. The van der Waals surface area contributed by atoms with Crippen LogP contribution in [-0.2, 0) is 17.0 Å². The van der Waals surface area contributed by atoms with Gasteiger partial charge in [-0.25, -0.2) is 0 Å². The number of rotatable bonds is 0. The van der Waals surface area contributed by atoms with Gasteiger partial charge in [0.2, 0.25) is 0 Å². The summed E-state index contributed by atoms with van der Waals surface area (Å²) in [6.07, 6.45) is 0. The molecule has 0 saturated heterocycles. The first-order valence-electron chi connectivity index (χ1n) is 0.557. The van der Waals surface area contributed by atoms with Crippen molar-refractivity contribution in [2.45, 2.75) is 0 Å². The molecule has 0 aliphatic rings. The average Bonchev–Trinajstić information content (AvgIpc) is 0.811. The molecule has 0 bridgehead atoms. The zero-order valence-corrected chi connectivity index (χ0v) is 5.56. The molecule has 0 fully saturated rings. The summed E-state index contributed by atoms with van der Waals surface area (Å²) in [5.41, 5.74) is 0. The van der Waals surface area contributed by atoms with Crippen LogP contribution in [0.3, 0.4) is 0 Å². The van der Waals surface area contributed by atoms with Crippen molar-refractivity contribution in [1.82, 2.24) is 0 Å². The molecule has 0 N–H and O–H groups in total. The molecule has 0 aromatic rings. The molecule has 0 aliphatic carbocycles. The van der Waals surface area contributed by atoms with Crippen LogP contribution in [0.25, 0.3) is 0 Å². The first-order valence-corrected chi connectivity index (χ1v) is 5.31. The molecular weight excluding hydrogens is 202 g/mol. The quantitative estimate of drug-likeness (QED) is 0.313. The summed E-state index contributed by atoms with van der Waals surface area (Å²) in [4.78, 5) is 0. The average molecular weight is 202 g/mol. The Bertz CT molecular complexity index is 96.2. The summed E-state index contributed by atoms with van der Waals surface area (Å²) in [7, 11) is 0. The van der Waals surface area contributed by atoms with E-state index in [-0.39, 0.29) is 5.86 Å². The zero-order chi connectivity index (χ0) is 3.58. The molecule has 0 heterocycles. The zero-order valence-electron chi connectivity index (χ0n) is 1.77. The first-order chi connectivity index (χ1) is 1.73. The van der Waals surface area contributed by atoms with E-state index in [1.165, 1.54) is 0 Å². The van der Waals surface area contributed by atoms with Crippen LogP contribution in [0.2, 0.25) is 0 Å². The van der Waals surface area contributed by atoms with Gasteiger partial charge in [0.05, 0.1) is 0 Å². The Kier molecular flexibility index (Phi) is 3.23. The van der Waals surface area contributed by atoms with Crippen LogP contribution in [0.4, 0.5) is 0 Å². The van der Waals surface area contributed by atoms with Crippen molar-refractivity contribution in [2.75, 3.05) is 0 Å². The van der Waals surface area contributed by atoms with E-state index in [9.17, 15) is 0 Å². The van der Waals surface area contributed by atoms with Crippen molar-refractivity contribution in [3.05, 3.63) is 0 Å². The predicted octanol–water partition coefficient (Wildman–Crippen LogP) is 0.500. The maximum absolute atomic E-state index is 4.94. The third kappa shape index (κ3) is 10.6. The Hall–Kier alpha value is 1.23. The van der Waals surface area contributed by atoms with Crippen molar-refractivity contribution in [2.24, 2.45) is 0 Å². The van der Waals surface area contributed by atoms with Crippen LogP contribution in [-0.4, -0.2) is 6.53 Å². The standard InChI is InChI=1S/BIS2/c1-4(2)3. The van der Waals surface area contributed by atoms with E-state index in [0.717, 1.165) is 0 Å². The topological polar surface area (TPSA) is 0 Å². The van der Waals surface area contributed by atoms with Gasteiger partial charge in [-0.05, 0) is 0 Å². The van der Waals surface area contributed by atoms with E-state index in [2.05, 4.69) is 11.2 Å². The fourth-order valence-electron chi connectivity index (χ4n) is 0. The van der Waals surface area contributed by atoms with Crippen molar-refractivity contribution >= 4 is 44.8 Å². The molecule has 0 unspecified atom stereocenters. The van der Waals surface area contributed by atoms with Crippen molar-refractivity contribution in [3.8, 4) is 0 Å². The van der Waals surface area contributed by atoms with Crippen LogP contribution < -0.4 is 0 Å².